The van der Waals surface area contributed by atoms with E-state index in [9.17, 15) is 9.59 Å². The largest absolute Gasteiger partial charge is 0.385 e. The maximum Gasteiger partial charge on any atom is 0.270 e. The second kappa shape index (κ2) is 8.63. The highest BCUT2D eigenvalue weighted by Gasteiger charge is 2.04. The molecule has 6 heteroatoms. The van der Waals surface area contributed by atoms with Crippen LogP contribution in [0.15, 0.2) is 47.6 Å². The summed E-state index contributed by atoms with van der Waals surface area (Å²) in [4.78, 5) is 28.4. The van der Waals surface area contributed by atoms with Gasteiger partial charge in [-0.05, 0) is 50.1 Å². The molecular formula is C19H21N3O3. The van der Waals surface area contributed by atoms with Crippen LogP contribution < -0.4 is 10.6 Å². The van der Waals surface area contributed by atoms with Crippen molar-refractivity contribution in [3.05, 3.63) is 59.2 Å². The van der Waals surface area contributed by atoms with Gasteiger partial charge in [-0.15, -0.1) is 0 Å². The first-order chi connectivity index (χ1) is 11.9. The number of amides is 2. The highest BCUT2D eigenvalue weighted by molar-refractivity contribution is 6.31. The van der Waals surface area contributed by atoms with Crippen molar-refractivity contribution >= 4 is 29.4 Å². The molecule has 130 valence electrons. The summed E-state index contributed by atoms with van der Waals surface area (Å²) >= 11 is 0. The molecule has 0 aliphatic rings. The molecular weight excluding hydrogens is 318 g/mol. The second-order valence-corrected chi connectivity index (χ2v) is 5.73. The number of oxime groups is 1. The number of aryl methyl sites for hydroxylation is 3. The molecule has 0 saturated heterocycles. The average Bonchev–Trinajstić information content (AvgIpc) is 2.54. The fraction of sp³-hybridized carbons (Fsp3) is 0.211. The van der Waals surface area contributed by atoms with Crippen LogP contribution >= 0.6 is 0 Å². The van der Waals surface area contributed by atoms with Crippen molar-refractivity contribution in [3.8, 4) is 0 Å². The highest BCUT2D eigenvalue weighted by atomic mass is 16.6. The Morgan fingerprint density at radius 2 is 1.80 bits per heavy atom. The molecule has 0 bridgehead atoms. The van der Waals surface area contributed by atoms with Gasteiger partial charge in [0.15, 0.2) is 6.61 Å². The fourth-order valence-corrected chi connectivity index (χ4v) is 2.22. The molecule has 2 aromatic rings. The van der Waals surface area contributed by atoms with Gasteiger partial charge >= 0.3 is 0 Å². The summed E-state index contributed by atoms with van der Waals surface area (Å²) in [7, 11) is 0. The fourth-order valence-electron chi connectivity index (χ4n) is 2.22. The second-order valence-electron chi connectivity index (χ2n) is 5.73. The summed E-state index contributed by atoms with van der Waals surface area (Å²) in [6.07, 6.45) is 0.999. The summed E-state index contributed by atoms with van der Waals surface area (Å²) < 4.78 is 0. The van der Waals surface area contributed by atoms with Crippen molar-refractivity contribution in [1.29, 1.82) is 0 Å². The van der Waals surface area contributed by atoms with Crippen molar-refractivity contribution in [1.82, 2.24) is 0 Å². The Bertz CT molecular complexity index is 800. The molecule has 0 aliphatic heterocycles. The van der Waals surface area contributed by atoms with Crippen LogP contribution in [0.3, 0.4) is 0 Å². The molecule has 2 amide bonds. The first-order valence-corrected chi connectivity index (χ1v) is 7.84. The van der Waals surface area contributed by atoms with E-state index >= 15 is 0 Å². The molecule has 0 spiro atoms. The maximum absolute atomic E-state index is 11.8. The number of carbonyl (C=O) groups excluding carboxylic acids is 2. The van der Waals surface area contributed by atoms with E-state index in [1.807, 2.05) is 57.2 Å². The monoisotopic (exact) mass is 339 g/mol. The van der Waals surface area contributed by atoms with E-state index in [2.05, 4.69) is 15.8 Å². The van der Waals surface area contributed by atoms with Gasteiger partial charge in [0.1, 0.15) is 6.21 Å². The van der Waals surface area contributed by atoms with Crippen molar-refractivity contribution in [2.45, 2.75) is 20.8 Å². The summed E-state index contributed by atoms with van der Waals surface area (Å²) in [5.74, 6) is -0.774. The van der Waals surface area contributed by atoms with Gasteiger partial charge in [0, 0.05) is 11.4 Å². The normalized spacial score (nSPS) is 10.5. The number of hydrogen-bond donors (Lipinski definition) is 2. The zero-order valence-electron chi connectivity index (χ0n) is 14.5. The minimum absolute atomic E-state index is 0.277. The molecule has 6 nitrogen and oxygen atoms in total. The van der Waals surface area contributed by atoms with Gasteiger partial charge in [-0.25, -0.2) is 0 Å². The van der Waals surface area contributed by atoms with Gasteiger partial charge in [0.25, 0.3) is 11.8 Å². The lowest BCUT2D eigenvalue weighted by atomic mass is 10.1. The Morgan fingerprint density at radius 3 is 2.52 bits per heavy atom. The molecule has 0 aliphatic carbocycles. The number of hydrogen-bond acceptors (Lipinski definition) is 4. The van der Waals surface area contributed by atoms with Crippen LogP contribution in [0.1, 0.15) is 16.7 Å². The molecule has 0 saturated carbocycles. The third-order valence-corrected chi connectivity index (χ3v) is 3.38. The third kappa shape index (κ3) is 6.10. The molecule has 0 aromatic heterocycles. The van der Waals surface area contributed by atoms with E-state index in [4.69, 9.17) is 4.84 Å². The molecule has 2 N–H and O–H groups in total. The summed E-state index contributed by atoms with van der Waals surface area (Å²) in [5.41, 5.74) is 4.51. The number of anilines is 2. The topological polar surface area (TPSA) is 79.8 Å². The van der Waals surface area contributed by atoms with Gasteiger partial charge in [-0.2, -0.15) is 0 Å². The van der Waals surface area contributed by atoms with Crippen LogP contribution in [-0.2, 0) is 14.4 Å². The van der Waals surface area contributed by atoms with E-state index in [0.29, 0.717) is 11.4 Å². The average molecular weight is 339 g/mol. The van der Waals surface area contributed by atoms with Crippen LogP contribution in [0.5, 0.6) is 0 Å². The first kappa shape index (κ1) is 18.2. The van der Waals surface area contributed by atoms with Crippen LogP contribution in [0.2, 0.25) is 0 Å². The minimum Gasteiger partial charge on any atom is -0.385 e. The molecule has 2 aromatic carbocycles. The minimum atomic E-state index is -0.425. The molecule has 2 rings (SSSR count). The Morgan fingerprint density at radius 1 is 1.04 bits per heavy atom. The standard InChI is InChI=1S/C19H21N3O3/c1-13-5-4-6-16(10-13)21-19(24)12-25-20-11-18(23)22-17-8-7-14(2)9-15(17)3/h4-11H,12H2,1-3H3,(H,21,24)(H,22,23)/b20-11-. The van der Waals surface area contributed by atoms with E-state index < -0.39 is 5.91 Å². The number of nitrogens with one attached hydrogen (secondary N) is 2. The van der Waals surface area contributed by atoms with E-state index in [0.717, 1.165) is 22.9 Å². The third-order valence-electron chi connectivity index (χ3n) is 3.38. The molecule has 0 heterocycles. The molecule has 0 radical (unpaired) electrons. The van der Waals surface area contributed by atoms with Crippen molar-refractivity contribution < 1.29 is 14.4 Å². The van der Waals surface area contributed by atoms with Crippen LogP contribution in [0, 0.1) is 20.8 Å². The van der Waals surface area contributed by atoms with Gasteiger partial charge in [-0.3, -0.25) is 9.59 Å². The summed E-state index contributed by atoms with van der Waals surface area (Å²) in [6, 6.07) is 13.1. The lowest BCUT2D eigenvalue weighted by molar-refractivity contribution is -0.120. The molecule has 0 fully saturated rings. The van der Waals surface area contributed by atoms with Gasteiger partial charge in [0.2, 0.25) is 0 Å². The zero-order chi connectivity index (χ0) is 18.2. The Hall–Kier alpha value is -3.15. The molecule has 0 atom stereocenters. The Kier molecular flexibility index (Phi) is 6.28. The number of carbonyl (C=O) groups is 2. The van der Waals surface area contributed by atoms with Gasteiger partial charge in [-0.1, -0.05) is 35.0 Å². The number of benzene rings is 2. The van der Waals surface area contributed by atoms with Gasteiger partial charge in [0.05, 0.1) is 0 Å². The van der Waals surface area contributed by atoms with Crippen molar-refractivity contribution in [2.75, 3.05) is 17.2 Å². The summed E-state index contributed by atoms with van der Waals surface area (Å²) in [5, 5.41) is 8.90. The van der Waals surface area contributed by atoms with Crippen molar-refractivity contribution in [2.24, 2.45) is 5.16 Å². The quantitative estimate of drug-likeness (QED) is 0.626. The van der Waals surface area contributed by atoms with Crippen LogP contribution in [0.25, 0.3) is 0 Å². The zero-order valence-corrected chi connectivity index (χ0v) is 14.5. The number of nitrogens with zero attached hydrogens (tertiary/aromatic N) is 1. The summed E-state index contributed by atoms with van der Waals surface area (Å²) in [6.45, 7) is 5.55. The van der Waals surface area contributed by atoms with Crippen molar-refractivity contribution in [3.63, 3.8) is 0 Å². The lowest BCUT2D eigenvalue weighted by Crippen LogP contribution is -2.18. The molecule has 25 heavy (non-hydrogen) atoms. The highest BCUT2D eigenvalue weighted by Crippen LogP contribution is 2.15. The van der Waals surface area contributed by atoms with E-state index in [1.54, 1.807) is 6.07 Å². The SMILES string of the molecule is Cc1cccc(NC(=O)CO/N=C\C(=O)Nc2ccc(C)cc2C)c1. The lowest BCUT2D eigenvalue weighted by Gasteiger charge is -2.07. The first-order valence-electron chi connectivity index (χ1n) is 7.84. The van der Waals surface area contributed by atoms with E-state index in [1.165, 1.54) is 0 Å². The smallest absolute Gasteiger partial charge is 0.270 e. The Balaban J connectivity index is 1.76. The maximum atomic E-state index is 11.8. The molecule has 0 unspecified atom stereocenters. The van der Waals surface area contributed by atoms with E-state index in [-0.39, 0.29) is 12.5 Å². The predicted octanol–water partition coefficient (Wildman–Crippen LogP) is 3.19. The Labute approximate surface area is 146 Å². The predicted molar refractivity (Wildman–Crippen MR) is 98.8 cm³/mol. The van der Waals surface area contributed by atoms with Crippen LogP contribution in [-0.4, -0.2) is 24.6 Å². The van der Waals surface area contributed by atoms with Gasteiger partial charge < -0.3 is 15.5 Å². The van der Waals surface area contributed by atoms with Crippen LogP contribution in [0.4, 0.5) is 11.4 Å². The number of rotatable bonds is 6.